The fraction of sp³-hybridized carbons (Fsp3) is 0.400. The highest BCUT2D eigenvalue weighted by Gasteiger charge is 2.27. The number of thiazole rings is 1. The van der Waals surface area contributed by atoms with Crippen LogP contribution in [0.15, 0.2) is 23.6 Å². The first kappa shape index (κ1) is 19.3. The fourth-order valence-corrected chi connectivity index (χ4v) is 5.67. The molecular formula is C20H22N6O2S2. The third-order valence-corrected chi connectivity index (χ3v) is 7.41. The van der Waals surface area contributed by atoms with Gasteiger partial charge in [0, 0.05) is 23.9 Å². The van der Waals surface area contributed by atoms with Gasteiger partial charge in [0.15, 0.2) is 10.8 Å². The molecule has 10 heteroatoms. The quantitative estimate of drug-likeness (QED) is 0.571. The van der Waals surface area contributed by atoms with Crippen molar-refractivity contribution in [3.8, 4) is 10.6 Å². The smallest absolute Gasteiger partial charge is 0.321 e. The molecule has 1 saturated carbocycles. The van der Waals surface area contributed by atoms with E-state index in [9.17, 15) is 9.59 Å². The lowest BCUT2D eigenvalue weighted by Crippen LogP contribution is -2.36. The van der Waals surface area contributed by atoms with Gasteiger partial charge in [-0.1, -0.05) is 30.2 Å². The molecule has 5 rings (SSSR count). The van der Waals surface area contributed by atoms with E-state index in [1.807, 2.05) is 17.5 Å². The Kier molecular flexibility index (Phi) is 5.26. The molecule has 1 aliphatic carbocycles. The molecule has 0 radical (unpaired) electrons. The van der Waals surface area contributed by atoms with Gasteiger partial charge in [-0.3, -0.25) is 15.2 Å². The summed E-state index contributed by atoms with van der Waals surface area (Å²) in [6, 6.07) is 5.84. The summed E-state index contributed by atoms with van der Waals surface area (Å²) in [6.45, 7) is 1.07. The average molecular weight is 443 g/mol. The number of carbonyl (C=O) groups is 2. The molecule has 0 bridgehead atoms. The minimum Gasteiger partial charge on any atom is -0.335 e. The molecule has 0 atom stereocenters. The van der Waals surface area contributed by atoms with Crippen LogP contribution in [0, 0.1) is 0 Å². The summed E-state index contributed by atoms with van der Waals surface area (Å²) in [5.41, 5.74) is 2.23. The topological polar surface area (TPSA) is 103 Å². The van der Waals surface area contributed by atoms with Crippen molar-refractivity contribution in [2.45, 2.75) is 44.7 Å². The van der Waals surface area contributed by atoms with Gasteiger partial charge in [-0.15, -0.1) is 11.3 Å². The number of aromatic nitrogens is 3. The van der Waals surface area contributed by atoms with E-state index in [1.165, 1.54) is 24.2 Å². The SMILES string of the molecule is O=C(Nc1nc2c(s1)CN(C(=O)c1cc(-c3cccs3)[nH]n1)CC2)NC1CCCC1. The van der Waals surface area contributed by atoms with Crippen LogP contribution in [0.3, 0.4) is 0 Å². The minimum absolute atomic E-state index is 0.0957. The van der Waals surface area contributed by atoms with Gasteiger partial charge < -0.3 is 10.2 Å². The second kappa shape index (κ2) is 8.19. The monoisotopic (exact) mass is 442 g/mol. The number of nitrogens with one attached hydrogen (secondary N) is 3. The van der Waals surface area contributed by atoms with Gasteiger partial charge in [0.1, 0.15) is 0 Å². The van der Waals surface area contributed by atoms with Crippen molar-refractivity contribution in [2.75, 3.05) is 11.9 Å². The number of H-pyrrole nitrogens is 1. The first-order valence-electron chi connectivity index (χ1n) is 10.1. The van der Waals surface area contributed by atoms with Crippen molar-refractivity contribution in [1.82, 2.24) is 25.4 Å². The van der Waals surface area contributed by atoms with E-state index in [2.05, 4.69) is 25.8 Å². The number of aromatic amines is 1. The Morgan fingerprint density at radius 2 is 2.13 bits per heavy atom. The summed E-state index contributed by atoms with van der Waals surface area (Å²) < 4.78 is 0. The summed E-state index contributed by atoms with van der Waals surface area (Å²) in [5, 5.41) is 15.6. The van der Waals surface area contributed by atoms with Gasteiger partial charge in [0.2, 0.25) is 0 Å². The zero-order valence-corrected chi connectivity index (χ0v) is 17.9. The van der Waals surface area contributed by atoms with Gasteiger partial charge >= 0.3 is 6.03 Å². The van der Waals surface area contributed by atoms with E-state index in [-0.39, 0.29) is 18.0 Å². The van der Waals surface area contributed by atoms with Gasteiger partial charge in [-0.25, -0.2) is 9.78 Å². The largest absolute Gasteiger partial charge is 0.335 e. The maximum absolute atomic E-state index is 12.9. The summed E-state index contributed by atoms with van der Waals surface area (Å²) in [6.07, 6.45) is 5.10. The van der Waals surface area contributed by atoms with Gasteiger partial charge in [-0.2, -0.15) is 5.10 Å². The van der Waals surface area contributed by atoms with E-state index in [0.717, 1.165) is 34.0 Å². The molecule has 3 aromatic heterocycles. The van der Waals surface area contributed by atoms with Crippen molar-refractivity contribution in [3.05, 3.63) is 39.8 Å². The fourth-order valence-electron chi connectivity index (χ4n) is 3.96. The van der Waals surface area contributed by atoms with Crippen LogP contribution in [0.1, 0.15) is 46.7 Å². The number of amides is 3. The Labute approximate surface area is 181 Å². The number of urea groups is 1. The Bertz CT molecular complexity index is 1050. The van der Waals surface area contributed by atoms with Crippen molar-refractivity contribution >= 4 is 39.7 Å². The zero-order chi connectivity index (χ0) is 20.5. The highest BCUT2D eigenvalue weighted by molar-refractivity contribution is 7.15. The second-order valence-electron chi connectivity index (χ2n) is 7.59. The summed E-state index contributed by atoms with van der Waals surface area (Å²) in [4.78, 5) is 33.5. The lowest BCUT2D eigenvalue weighted by Gasteiger charge is -2.25. The molecule has 0 aromatic carbocycles. The van der Waals surface area contributed by atoms with Crippen molar-refractivity contribution in [2.24, 2.45) is 0 Å². The van der Waals surface area contributed by atoms with Crippen LogP contribution < -0.4 is 10.6 Å². The van der Waals surface area contributed by atoms with E-state index in [0.29, 0.717) is 30.3 Å². The Balaban J connectivity index is 1.23. The van der Waals surface area contributed by atoms with Crippen LogP contribution in [-0.4, -0.2) is 44.6 Å². The Morgan fingerprint density at radius 1 is 1.27 bits per heavy atom. The molecule has 3 N–H and O–H groups in total. The number of hydrogen-bond acceptors (Lipinski definition) is 6. The maximum atomic E-state index is 12.9. The zero-order valence-electron chi connectivity index (χ0n) is 16.3. The molecule has 1 fully saturated rings. The van der Waals surface area contributed by atoms with Gasteiger partial charge in [0.05, 0.1) is 22.8 Å². The van der Waals surface area contributed by atoms with Gasteiger partial charge in [0.25, 0.3) is 5.91 Å². The molecule has 0 unspecified atom stereocenters. The molecule has 156 valence electrons. The molecule has 4 heterocycles. The minimum atomic E-state index is -0.196. The lowest BCUT2D eigenvalue weighted by atomic mass is 10.1. The third-order valence-electron chi connectivity index (χ3n) is 5.51. The molecule has 0 saturated heterocycles. The molecule has 0 spiro atoms. The predicted molar refractivity (Wildman–Crippen MR) is 117 cm³/mol. The lowest BCUT2D eigenvalue weighted by molar-refractivity contribution is 0.0730. The number of fused-ring (bicyclic) bond motifs is 1. The number of nitrogens with zero attached hydrogens (tertiary/aromatic N) is 3. The van der Waals surface area contributed by atoms with Crippen molar-refractivity contribution in [3.63, 3.8) is 0 Å². The van der Waals surface area contributed by atoms with Crippen LogP contribution in [0.4, 0.5) is 9.93 Å². The van der Waals surface area contributed by atoms with Crippen LogP contribution in [0.5, 0.6) is 0 Å². The third kappa shape index (κ3) is 3.97. The molecular weight excluding hydrogens is 420 g/mol. The summed E-state index contributed by atoms with van der Waals surface area (Å²) >= 11 is 3.04. The van der Waals surface area contributed by atoms with E-state index < -0.39 is 0 Å². The summed E-state index contributed by atoms with van der Waals surface area (Å²) in [5.74, 6) is -0.0957. The molecule has 1 aliphatic heterocycles. The van der Waals surface area contributed by atoms with E-state index in [1.54, 1.807) is 22.3 Å². The number of rotatable bonds is 4. The van der Waals surface area contributed by atoms with Crippen molar-refractivity contribution in [1.29, 1.82) is 0 Å². The van der Waals surface area contributed by atoms with Crippen LogP contribution in [0.25, 0.3) is 10.6 Å². The Hall–Kier alpha value is -2.72. The Morgan fingerprint density at radius 3 is 2.93 bits per heavy atom. The molecule has 30 heavy (non-hydrogen) atoms. The van der Waals surface area contributed by atoms with Crippen molar-refractivity contribution < 1.29 is 9.59 Å². The highest BCUT2D eigenvalue weighted by atomic mass is 32.1. The van der Waals surface area contributed by atoms with Crippen LogP contribution in [-0.2, 0) is 13.0 Å². The van der Waals surface area contributed by atoms with E-state index >= 15 is 0 Å². The second-order valence-corrected chi connectivity index (χ2v) is 9.62. The maximum Gasteiger partial charge on any atom is 0.321 e. The number of carbonyl (C=O) groups excluding carboxylic acids is 2. The van der Waals surface area contributed by atoms with E-state index in [4.69, 9.17) is 0 Å². The molecule has 3 amide bonds. The first-order valence-corrected chi connectivity index (χ1v) is 11.8. The first-order chi connectivity index (χ1) is 14.7. The molecule has 8 nitrogen and oxygen atoms in total. The number of anilines is 1. The molecule has 3 aromatic rings. The number of hydrogen-bond donors (Lipinski definition) is 3. The molecule has 2 aliphatic rings. The normalized spacial score (nSPS) is 16.5. The van der Waals surface area contributed by atoms with Crippen LogP contribution >= 0.6 is 22.7 Å². The van der Waals surface area contributed by atoms with Crippen LogP contribution in [0.2, 0.25) is 0 Å². The average Bonchev–Trinajstić information content (AvgIpc) is 3.53. The number of thiophene rings is 1. The standard InChI is InChI=1S/C20H22N6O2S2/c27-18(15-10-14(24-25-15)16-6-3-9-29-16)26-8-7-13-17(11-26)30-20(22-13)23-19(28)21-12-4-1-2-5-12/h3,6,9-10,12H,1-2,4-5,7-8,11H2,(H,24,25)(H2,21,22,23,28). The highest BCUT2D eigenvalue weighted by Crippen LogP contribution is 2.30. The van der Waals surface area contributed by atoms with Gasteiger partial charge in [-0.05, 0) is 30.4 Å². The summed E-state index contributed by atoms with van der Waals surface area (Å²) in [7, 11) is 0. The predicted octanol–water partition coefficient (Wildman–Crippen LogP) is 3.86.